The minimum Gasteiger partial charge on any atom is -0.465 e. The first-order valence-electron chi connectivity index (χ1n) is 8.95. The van der Waals surface area contributed by atoms with Crippen LogP contribution in [-0.4, -0.2) is 24.9 Å². The van der Waals surface area contributed by atoms with Crippen molar-refractivity contribution in [3.05, 3.63) is 95.1 Å². The maximum atomic E-state index is 12.6. The van der Waals surface area contributed by atoms with E-state index in [4.69, 9.17) is 0 Å². The SMILES string of the molecule is COC(=O)c1ccc(C(=O)Nc2cccc(NC(=O)c3ccccc3)c2C)cc1. The zero-order valence-corrected chi connectivity index (χ0v) is 16.1. The lowest BCUT2D eigenvalue weighted by Crippen LogP contribution is -2.16. The van der Waals surface area contributed by atoms with E-state index in [1.165, 1.54) is 19.2 Å². The third kappa shape index (κ3) is 4.68. The standard InChI is InChI=1S/C23H20N2O4/c1-15-19(24-21(26)16-7-4-3-5-8-16)9-6-10-20(15)25-22(27)17-11-13-18(14-12-17)23(28)29-2/h3-14H,1-2H3,(H,24,26)(H,25,27). The van der Waals surface area contributed by atoms with Crippen molar-refractivity contribution in [3.63, 3.8) is 0 Å². The molecule has 146 valence electrons. The average Bonchev–Trinajstić information content (AvgIpc) is 2.76. The van der Waals surface area contributed by atoms with Crippen molar-refractivity contribution in [1.29, 1.82) is 0 Å². The zero-order valence-electron chi connectivity index (χ0n) is 16.1. The van der Waals surface area contributed by atoms with E-state index in [1.54, 1.807) is 54.6 Å². The van der Waals surface area contributed by atoms with Crippen LogP contribution in [0.15, 0.2) is 72.8 Å². The highest BCUT2D eigenvalue weighted by atomic mass is 16.5. The van der Waals surface area contributed by atoms with Crippen LogP contribution in [0, 0.1) is 6.92 Å². The van der Waals surface area contributed by atoms with Crippen LogP contribution in [0.1, 0.15) is 36.6 Å². The molecule has 3 rings (SSSR count). The van der Waals surface area contributed by atoms with Gasteiger partial charge in [0.05, 0.1) is 12.7 Å². The van der Waals surface area contributed by atoms with E-state index in [2.05, 4.69) is 15.4 Å². The number of esters is 1. The first-order chi connectivity index (χ1) is 14.0. The highest BCUT2D eigenvalue weighted by Crippen LogP contribution is 2.24. The number of carbonyl (C=O) groups is 3. The molecule has 2 amide bonds. The number of hydrogen-bond donors (Lipinski definition) is 2. The van der Waals surface area contributed by atoms with Crippen molar-refractivity contribution >= 4 is 29.2 Å². The summed E-state index contributed by atoms with van der Waals surface area (Å²) in [5.74, 6) is -1.01. The highest BCUT2D eigenvalue weighted by Gasteiger charge is 2.13. The van der Waals surface area contributed by atoms with Crippen molar-refractivity contribution in [2.45, 2.75) is 6.92 Å². The highest BCUT2D eigenvalue weighted by molar-refractivity contribution is 6.07. The lowest BCUT2D eigenvalue weighted by molar-refractivity contribution is 0.0600. The Morgan fingerprint density at radius 2 is 1.14 bits per heavy atom. The molecule has 0 fully saturated rings. The number of ether oxygens (including phenoxy) is 1. The van der Waals surface area contributed by atoms with Crippen LogP contribution in [0.2, 0.25) is 0 Å². The monoisotopic (exact) mass is 388 g/mol. The van der Waals surface area contributed by atoms with E-state index < -0.39 is 5.97 Å². The van der Waals surface area contributed by atoms with Gasteiger partial charge in [-0.2, -0.15) is 0 Å². The van der Waals surface area contributed by atoms with Gasteiger partial charge in [-0.15, -0.1) is 0 Å². The minimum absolute atomic E-state index is 0.226. The normalized spacial score (nSPS) is 10.1. The van der Waals surface area contributed by atoms with Gasteiger partial charge < -0.3 is 15.4 Å². The molecule has 0 unspecified atom stereocenters. The van der Waals surface area contributed by atoms with Gasteiger partial charge in [0.1, 0.15) is 0 Å². The molecule has 0 aromatic heterocycles. The molecule has 0 aliphatic carbocycles. The molecule has 6 nitrogen and oxygen atoms in total. The summed E-state index contributed by atoms with van der Waals surface area (Å²) in [7, 11) is 1.30. The lowest BCUT2D eigenvalue weighted by atomic mass is 10.1. The summed E-state index contributed by atoms with van der Waals surface area (Å²) in [5, 5.41) is 5.70. The molecule has 0 spiro atoms. The van der Waals surface area contributed by atoms with Gasteiger partial charge >= 0.3 is 5.97 Å². The van der Waals surface area contributed by atoms with E-state index >= 15 is 0 Å². The molecular formula is C23H20N2O4. The topological polar surface area (TPSA) is 84.5 Å². The molecule has 0 aliphatic heterocycles. The largest absolute Gasteiger partial charge is 0.465 e. The Morgan fingerprint density at radius 1 is 0.655 bits per heavy atom. The molecule has 29 heavy (non-hydrogen) atoms. The number of benzene rings is 3. The molecule has 3 aromatic rings. The number of methoxy groups -OCH3 is 1. The van der Waals surface area contributed by atoms with E-state index in [0.29, 0.717) is 28.1 Å². The van der Waals surface area contributed by atoms with E-state index in [1.807, 2.05) is 13.0 Å². The summed E-state index contributed by atoms with van der Waals surface area (Å²) in [6.07, 6.45) is 0. The molecule has 0 saturated heterocycles. The average molecular weight is 388 g/mol. The lowest BCUT2D eigenvalue weighted by Gasteiger charge is -2.14. The summed E-state index contributed by atoms with van der Waals surface area (Å²) < 4.78 is 4.65. The second-order valence-electron chi connectivity index (χ2n) is 6.32. The number of anilines is 2. The van der Waals surface area contributed by atoms with Gasteiger partial charge in [0.15, 0.2) is 0 Å². The third-order valence-corrected chi connectivity index (χ3v) is 4.43. The molecule has 0 saturated carbocycles. The second-order valence-corrected chi connectivity index (χ2v) is 6.32. The van der Waals surface area contributed by atoms with Crippen LogP contribution >= 0.6 is 0 Å². The van der Waals surface area contributed by atoms with Crippen molar-refractivity contribution in [2.75, 3.05) is 17.7 Å². The van der Waals surface area contributed by atoms with Crippen LogP contribution < -0.4 is 10.6 Å². The summed E-state index contributed by atoms with van der Waals surface area (Å²) in [4.78, 5) is 36.5. The van der Waals surface area contributed by atoms with Gasteiger partial charge in [-0.3, -0.25) is 9.59 Å². The third-order valence-electron chi connectivity index (χ3n) is 4.43. The fourth-order valence-electron chi connectivity index (χ4n) is 2.76. The Kier molecular flexibility index (Phi) is 6.04. The van der Waals surface area contributed by atoms with Crippen LogP contribution in [-0.2, 0) is 4.74 Å². The van der Waals surface area contributed by atoms with Crippen molar-refractivity contribution in [2.24, 2.45) is 0 Å². The van der Waals surface area contributed by atoms with Crippen LogP contribution in [0.25, 0.3) is 0 Å². The summed E-state index contributed by atoms with van der Waals surface area (Å²) >= 11 is 0. The summed E-state index contributed by atoms with van der Waals surface area (Å²) in [6, 6.07) is 20.4. The number of amides is 2. The maximum Gasteiger partial charge on any atom is 0.337 e. The zero-order chi connectivity index (χ0) is 20.8. The van der Waals surface area contributed by atoms with Crippen LogP contribution in [0.4, 0.5) is 11.4 Å². The summed E-state index contributed by atoms with van der Waals surface area (Å²) in [5.41, 5.74) is 3.24. The maximum absolute atomic E-state index is 12.6. The van der Waals surface area contributed by atoms with Crippen LogP contribution in [0.3, 0.4) is 0 Å². The minimum atomic E-state index is -0.463. The molecule has 0 aliphatic rings. The smallest absolute Gasteiger partial charge is 0.337 e. The van der Waals surface area contributed by atoms with Crippen molar-refractivity contribution < 1.29 is 19.1 Å². The molecule has 0 atom stereocenters. The molecule has 6 heteroatoms. The number of rotatable bonds is 5. The summed E-state index contributed by atoms with van der Waals surface area (Å²) in [6.45, 7) is 1.82. The second kappa shape index (κ2) is 8.84. The molecular weight excluding hydrogens is 368 g/mol. The van der Waals surface area contributed by atoms with E-state index in [0.717, 1.165) is 5.56 Å². The van der Waals surface area contributed by atoms with Crippen molar-refractivity contribution in [3.8, 4) is 0 Å². The first kappa shape index (κ1) is 19.8. The van der Waals surface area contributed by atoms with Gasteiger partial charge in [0.25, 0.3) is 11.8 Å². The van der Waals surface area contributed by atoms with Gasteiger partial charge in [0, 0.05) is 22.5 Å². The molecule has 0 radical (unpaired) electrons. The van der Waals surface area contributed by atoms with Gasteiger partial charge in [-0.1, -0.05) is 24.3 Å². The Balaban J connectivity index is 1.74. The first-order valence-corrected chi connectivity index (χ1v) is 8.95. The molecule has 0 bridgehead atoms. The Bertz CT molecular complexity index is 1040. The molecule has 0 heterocycles. The Labute approximate surface area is 168 Å². The van der Waals surface area contributed by atoms with Gasteiger partial charge in [-0.25, -0.2) is 4.79 Å². The van der Waals surface area contributed by atoms with Gasteiger partial charge in [0.2, 0.25) is 0 Å². The predicted molar refractivity (Wildman–Crippen MR) is 111 cm³/mol. The Hall–Kier alpha value is -3.93. The van der Waals surface area contributed by atoms with E-state index in [9.17, 15) is 14.4 Å². The Morgan fingerprint density at radius 3 is 1.66 bits per heavy atom. The predicted octanol–water partition coefficient (Wildman–Crippen LogP) is 4.29. The molecule has 3 aromatic carbocycles. The fraction of sp³-hybridized carbons (Fsp3) is 0.0870. The quantitative estimate of drug-likeness (QED) is 0.639. The fourth-order valence-corrected chi connectivity index (χ4v) is 2.76. The van der Waals surface area contributed by atoms with Crippen molar-refractivity contribution in [1.82, 2.24) is 0 Å². The number of carbonyl (C=O) groups excluding carboxylic acids is 3. The molecule has 2 N–H and O–H groups in total. The van der Waals surface area contributed by atoms with E-state index in [-0.39, 0.29) is 11.8 Å². The number of nitrogens with one attached hydrogen (secondary N) is 2. The van der Waals surface area contributed by atoms with Crippen LogP contribution in [0.5, 0.6) is 0 Å². The number of hydrogen-bond acceptors (Lipinski definition) is 4. The van der Waals surface area contributed by atoms with Gasteiger partial charge in [-0.05, 0) is 61.0 Å².